The first-order chi connectivity index (χ1) is 20.6. The summed E-state index contributed by atoms with van der Waals surface area (Å²) in [6.45, 7) is 17.3. The zero-order valence-corrected chi connectivity index (χ0v) is 29.7. The van der Waals surface area contributed by atoms with Gasteiger partial charge in [-0.3, -0.25) is 0 Å². The van der Waals surface area contributed by atoms with Gasteiger partial charge in [0.25, 0.3) is 0 Å². The minimum atomic E-state index is 0. The van der Waals surface area contributed by atoms with E-state index in [4.69, 9.17) is 0 Å². The fourth-order valence-corrected chi connectivity index (χ4v) is 9.40. The quantitative estimate of drug-likeness (QED) is 0.141. The van der Waals surface area contributed by atoms with Crippen LogP contribution in [-0.4, -0.2) is 11.3 Å². The smallest absolute Gasteiger partial charge is 0.106 e. The van der Waals surface area contributed by atoms with Crippen LogP contribution in [0.4, 0.5) is 5.69 Å². The van der Waals surface area contributed by atoms with Gasteiger partial charge in [-0.2, -0.15) is 0 Å². The van der Waals surface area contributed by atoms with Gasteiger partial charge in [0.1, 0.15) is 5.78 Å². The van der Waals surface area contributed by atoms with Crippen LogP contribution in [0.5, 0.6) is 0 Å². The maximum absolute atomic E-state index is 11.8. The van der Waals surface area contributed by atoms with E-state index < -0.39 is 0 Å². The van der Waals surface area contributed by atoms with Gasteiger partial charge < -0.3 is 9.69 Å². The van der Waals surface area contributed by atoms with Crippen LogP contribution < -0.4 is 4.90 Å². The Morgan fingerprint density at radius 3 is 1.75 bits per heavy atom. The molecule has 4 aliphatic carbocycles. The molecule has 3 aromatic carbocycles. The van der Waals surface area contributed by atoms with Crippen LogP contribution in [-0.2, 0) is 22.4 Å². The Bertz CT molecular complexity index is 1350. The molecule has 1 aliphatic heterocycles. The third-order valence-corrected chi connectivity index (χ3v) is 11.2. The average molecular weight is 771 g/mol. The van der Waals surface area contributed by atoms with E-state index in [2.05, 4.69) is 71.2 Å². The van der Waals surface area contributed by atoms with Gasteiger partial charge in [0.05, 0.1) is 0 Å². The second-order valence-corrected chi connectivity index (χ2v) is 15.3. The molecule has 1 saturated heterocycles. The number of hydrogen-bond acceptors (Lipinski definition) is 2. The predicted molar refractivity (Wildman–Crippen MR) is 180 cm³/mol. The summed E-state index contributed by atoms with van der Waals surface area (Å²) in [5, 5.41) is 0. The molecule has 239 valence electrons. The van der Waals surface area contributed by atoms with E-state index in [1.165, 1.54) is 43.2 Å². The molecule has 3 heteroatoms. The number of hydrogen-bond donors (Lipinski definition) is 0. The fraction of sp³-hybridized carbons (Fsp3) is 0.488. The Morgan fingerprint density at radius 1 is 0.750 bits per heavy atom. The maximum atomic E-state index is 11.8. The van der Waals surface area contributed by atoms with Crippen molar-refractivity contribution in [3.8, 4) is 0 Å². The van der Waals surface area contributed by atoms with E-state index in [0.717, 1.165) is 34.8 Å². The number of ketones is 1. The number of carbonyl (C=O) groups excluding carboxylic acids is 1. The summed E-state index contributed by atoms with van der Waals surface area (Å²) in [4.78, 5) is 14.5. The number of carbonyl (C=O) groups is 1. The van der Waals surface area contributed by atoms with Gasteiger partial charge in [-0.1, -0.05) is 113 Å². The van der Waals surface area contributed by atoms with Crippen LogP contribution in [0.25, 0.3) is 0 Å². The normalized spacial score (nSPS) is 27.7. The third-order valence-electron chi connectivity index (χ3n) is 11.2. The second-order valence-electron chi connectivity index (χ2n) is 15.3. The van der Waals surface area contributed by atoms with Crippen molar-refractivity contribution in [2.75, 3.05) is 4.90 Å². The van der Waals surface area contributed by atoms with E-state index in [1.54, 1.807) is 18.5 Å². The average Bonchev–Trinajstić information content (AvgIpc) is 3.27. The van der Waals surface area contributed by atoms with Gasteiger partial charge in [-0.05, 0) is 80.8 Å². The molecule has 0 N–H and O–H groups in total. The summed E-state index contributed by atoms with van der Waals surface area (Å²) in [6, 6.07) is 26.0. The molecule has 0 unspecified atom stereocenters. The largest absolute Gasteiger partial charge is 0.517 e. The molecule has 2 nitrogen and oxygen atoms in total. The van der Waals surface area contributed by atoms with E-state index in [-0.39, 0.29) is 33.7 Å². The maximum Gasteiger partial charge on any atom is 0.106 e. The number of anilines is 1. The van der Waals surface area contributed by atoms with Crippen LogP contribution in [0.2, 0.25) is 0 Å². The van der Waals surface area contributed by atoms with Gasteiger partial charge in [0, 0.05) is 33.6 Å². The summed E-state index contributed by atoms with van der Waals surface area (Å²) in [6.07, 6.45) is 10.6. The van der Waals surface area contributed by atoms with E-state index in [9.17, 15) is 4.79 Å². The third kappa shape index (κ3) is 6.37. The molecular weight excluding hydrogens is 719 g/mol. The Morgan fingerprint density at radius 2 is 1.25 bits per heavy atom. The molecule has 1 spiro atoms. The van der Waals surface area contributed by atoms with Gasteiger partial charge in [-0.15, -0.1) is 35.2 Å². The van der Waals surface area contributed by atoms with Crippen molar-refractivity contribution >= 4 is 11.5 Å². The molecule has 4 saturated carbocycles. The summed E-state index contributed by atoms with van der Waals surface area (Å²) in [5.41, 5.74) is 6.96. The second kappa shape index (κ2) is 13.2. The number of rotatable bonds is 6. The number of para-hydroxylation sites is 1. The zero-order valence-electron chi connectivity index (χ0n) is 27.5. The van der Waals surface area contributed by atoms with Crippen molar-refractivity contribution in [2.45, 2.75) is 97.4 Å². The van der Waals surface area contributed by atoms with Crippen LogP contribution in [0.15, 0.2) is 78.9 Å². The van der Waals surface area contributed by atoms with E-state index in [0.29, 0.717) is 17.3 Å². The Hall–Kier alpha value is -2.26. The molecule has 0 atom stereocenters. The standard InChI is InChI=1S/C27H40N.C14H11O.Au/c1-17(2)23-8-7-9-24(18(3)4)25(23)28-16-27(15-26(28,5)6)21-11-19-10-20(13-21)14-22(27)12-19;15-14(13-9-5-2-6-10-13)11-12-7-3-1-4-8-12;/h7-9,16-22H,10-15H2,1-6H3;1-11H;/q2*-1;. The predicted octanol–water partition coefficient (Wildman–Crippen LogP) is 10.6. The van der Waals surface area contributed by atoms with Crippen LogP contribution in [0, 0.1) is 42.1 Å². The molecule has 5 aliphatic rings. The van der Waals surface area contributed by atoms with Crippen molar-refractivity contribution in [3.05, 3.63) is 114 Å². The molecule has 3 aromatic rings. The van der Waals surface area contributed by atoms with Crippen molar-refractivity contribution < 1.29 is 27.2 Å². The zero-order chi connectivity index (χ0) is 30.4. The van der Waals surface area contributed by atoms with Crippen LogP contribution >= 0.6 is 0 Å². The molecule has 0 amide bonds. The first-order valence-electron chi connectivity index (χ1n) is 16.8. The summed E-state index contributed by atoms with van der Waals surface area (Å²) < 4.78 is 0. The minimum absolute atomic E-state index is 0. The Kier molecular flexibility index (Phi) is 9.96. The van der Waals surface area contributed by atoms with Crippen molar-refractivity contribution in [2.24, 2.45) is 29.1 Å². The first-order valence-corrected chi connectivity index (χ1v) is 16.8. The van der Waals surface area contributed by atoms with Gasteiger partial charge >= 0.3 is 0 Å². The van der Waals surface area contributed by atoms with Crippen molar-refractivity contribution in [1.29, 1.82) is 0 Å². The first kappa shape index (κ1) is 33.1. The topological polar surface area (TPSA) is 20.3 Å². The minimum Gasteiger partial charge on any atom is -0.517 e. The van der Waals surface area contributed by atoms with E-state index >= 15 is 0 Å². The van der Waals surface area contributed by atoms with E-state index in [1.807, 2.05) is 60.7 Å². The Balaban J connectivity index is 0.000000204. The van der Waals surface area contributed by atoms with Gasteiger partial charge in [0.2, 0.25) is 0 Å². The summed E-state index contributed by atoms with van der Waals surface area (Å²) >= 11 is 0. The fourth-order valence-electron chi connectivity index (χ4n) is 9.40. The van der Waals surface area contributed by atoms with Crippen molar-refractivity contribution in [3.63, 3.8) is 0 Å². The number of Topliss-reactive ketones (excluding diaryl/α,β-unsaturated/α-hetero) is 1. The SMILES string of the molecule is CC(C)c1cccc(C(C)C)c1N1[CH-]C2(CC1(C)C)C1CC3CC(C1)CC2C3.O=C([CH-]c1ccccc1)c1ccccc1.[Au]. The van der Waals surface area contributed by atoms with Crippen LogP contribution in [0.1, 0.15) is 119 Å². The summed E-state index contributed by atoms with van der Waals surface area (Å²) in [7, 11) is 0. The van der Waals surface area contributed by atoms with Crippen LogP contribution in [0.3, 0.4) is 0 Å². The molecule has 1 heterocycles. The molecular formula is C41H51AuNO-2. The number of nitrogens with zero attached hydrogens (tertiary/aromatic N) is 1. The number of benzene rings is 3. The molecule has 44 heavy (non-hydrogen) atoms. The van der Waals surface area contributed by atoms with Gasteiger partial charge in [-0.25, -0.2) is 6.54 Å². The summed E-state index contributed by atoms with van der Waals surface area (Å²) in [5.74, 6) is 5.16. The Labute approximate surface area is 282 Å². The molecule has 4 bridgehead atoms. The molecule has 1 radical (unpaired) electrons. The van der Waals surface area contributed by atoms with Crippen molar-refractivity contribution in [1.82, 2.24) is 0 Å². The van der Waals surface area contributed by atoms with Gasteiger partial charge in [0.15, 0.2) is 0 Å². The monoisotopic (exact) mass is 770 g/mol. The molecule has 0 aromatic heterocycles. The molecule has 5 fully saturated rings. The molecule has 8 rings (SSSR count).